The minimum Gasteiger partial charge on any atom is -0.326 e. The molecule has 8 rings (SSSR count). The fourth-order valence-corrected chi connectivity index (χ4v) is 10.2. The minimum absolute atomic E-state index is 0. The average Bonchev–Trinajstić information content (AvgIpc) is 3.58. The fourth-order valence-electron chi connectivity index (χ4n) is 6.83. The summed E-state index contributed by atoms with van der Waals surface area (Å²) >= 11 is 0. The fraction of sp³-hybridized carbons (Fsp3) is 0. The number of H-pyrrole nitrogens is 2. The van der Waals surface area contributed by atoms with Crippen molar-refractivity contribution in [3.05, 3.63) is 156 Å². The summed E-state index contributed by atoms with van der Waals surface area (Å²) in [5, 5.41) is 11.3. The van der Waals surface area contributed by atoms with E-state index >= 15 is 0 Å². The van der Waals surface area contributed by atoms with Crippen LogP contribution in [0.3, 0.4) is 0 Å². The van der Waals surface area contributed by atoms with Crippen molar-refractivity contribution in [1.82, 2.24) is 29.9 Å². The molecule has 0 aliphatic carbocycles. The van der Waals surface area contributed by atoms with Crippen LogP contribution >= 0.6 is 0 Å². The molecule has 0 amide bonds. The topological polar surface area (TPSA) is 482 Å². The Labute approximate surface area is 622 Å². The summed E-state index contributed by atoms with van der Waals surface area (Å²) in [6.07, 6.45) is 2.18. The first-order chi connectivity index (χ1) is 37.3. The van der Waals surface area contributed by atoms with Crippen LogP contribution in [0.4, 0.5) is 57.9 Å². The minimum atomic E-state index is -5.10. The third-order valence-electron chi connectivity index (χ3n) is 10.4. The van der Waals surface area contributed by atoms with E-state index in [1.54, 1.807) is 0 Å². The molecule has 2 aromatic heterocycles. The molecule has 0 aliphatic rings. The van der Waals surface area contributed by atoms with Crippen LogP contribution in [0.25, 0.3) is 12.2 Å². The van der Waals surface area contributed by atoms with Crippen molar-refractivity contribution < 1.29 is 77.8 Å². The second-order valence-electron chi connectivity index (χ2n) is 16.1. The summed E-state index contributed by atoms with van der Waals surface area (Å²) < 4.78 is 202. The van der Waals surface area contributed by atoms with Crippen molar-refractivity contribution in [2.75, 3.05) is 21.3 Å². The van der Waals surface area contributed by atoms with Crippen molar-refractivity contribution in [3.8, 4) is 0 Å². The van der Waals surface area contributed by atoms with Crippen molar-refractivity contribution in [1.29, 1.82) is 0 Å². The van der Waals surface area contributed by atoms with Crippen LogP contribution in [0.2, 0.25) is 0 Å². The molecule has 30 nitrogen and oxygen atoms in total. The molecular formula is C44H36N12Na6O18S6. The van der Waals surface area contributed by atoms with E-state index in [0.29, 0.717) is 0 Å². The molecule has 422 valence electrons. The Morgan fingerprint density at radius 1 is 0.337 bits per heavy atom. The van der Waals surface area contributed by atoms with Gasteiger partial charge in [0.25, 0.3) is 60.7 Å². The molecule has 86 heavy (non-hydrogen) atoms. The van der Waals surface area contributed by atoms with Crippen LogP contribution in [0.15, 0.2) is 173 Å². The SMILES string of the molecule is O=S(=O)(O)c1ccc(Nc2nc(Nc3ccc(S(=O)(=O)O)cc3)[nH]c(=Nc3ccc(C=Cc4ccc(N=c5nc(Nc6ccc(S(=O)(=O)O)cc6)nc(Nc6ccc(S(=O)(=O)O)cc6)[nH]5)cc4S(=O)(=O)O)c(S(=O)(=O)O)c3)n2)cc1.[Na].[Na].[Na].[Na].[Na].[Na]. The normalized spacial score (nSPS) is 12.2. The van der Waals surface area contributed by atoms with Gasteiger partial charge in [0, 0.05) is 200 Å². The maximum atomic E-state index is 12.8. The predicted octanol–water partition coefficient (Wildman–Crippen LogP) is 2.73. The van der Waals surface area contributed by atoms with Gasteiger partial charge < -0.3 is 21.3 Å². The van der Waals surface area contributed by atoms with E-state index in [1.165, 1.54) is 72.8 Å². The second kappa shape index (κ2) is 32.6. The van der Waals surface area contributed by atoms with Gasteiger partial charge in [-0.2, -0.15) is 70.4 Å². The molecule has 0 atom stereocenters. The van der Waals surface area contributed by atoms with E-state index in [4.69, 9.17) is 0 Å². The molecule has 0 spiro atoms. The van der Waals surface area contributed by atoms with E-state index in [0.717, 1.165) is 72.8 Å². The molecule has 42 heteroatoms. The Hall–Kier alpha value is -2.66. The van der Waals surface area contributed by atoms with Gasteiger partial charge >= 0.3 is 0 Å². The van der Waals surface area contributed by atoms with Crippen LogP contribution in [-0.4, -0.2) is 285 Å². The number of aromatic nitrogens is 6. The molecule has 0 saturated carbocycles. The molecule has 0 fully saturated rings. The van der Waals surface area contributed by atoms with E-state index in [1.807, 2.05) is 0 Å². The van der Waals surface area contributed by atoms with E-state index in [2.05, 4.69) is 61.2 Å². The predicted molar refractivity (Wildman–Crippen MR) is 317 cm³/mol. The van der Waals surface area contributed by atoms with E-state index < -0.39 is 90.1 Å². The van der Waals surface area contributed by atoms with Crippen molar-refractivity contribution in [2.24, 2.45) is 9.98 Å². The molecule has 6 radical (unpaired) electrons. The third-order valence-corrected chi connectivity index (χ3v) is 15.7. The summed E-state index contributed by atoms with van der Waals surface area (Å²) in [4.78, 5) is 28.0. The van der Waals surface area contributed by atoms with Gasteiger partial charge in [-0.15, -0.1) is 0 Å². The zero-order valence-corrected chi connectivity index (χ0v) is 62.5. The van der Waals surface area contributed by atoms with Crippen LogP contribution < -0.4 is 32.5 Å². The molecule has 12 N–H and O–H groups in total. The van der Waals surface area contributed by atoms with Crippen molar-refractivity contribution in [2.45, 2.75) is 29.4 Å². The van der Waals surface area contributed by atoms with E-state index in [-0.39, 0.29) is 258 Å². The Kier molecular flexibility index (Phi) is 30.1. The zero-order valence-electron chi connectivity index (χ0n) is 45.6. The quantitative estimate of drug-likeness (QED) is 0.0334. The maximum Gasteiger partial charge on any atom is 0.295 e. The van der Waals surface area contributed by atoms with Gasteiger partial charge in [0.2, 0.25) is 35.0 Å². The Bertz CT molecular complexity index is 4160. The average molecular weight is 1350 g/mol. The van der Waals surface area contributed by atoms with Gasteiger partial charge in [0.05, 0.1) is 31.0 Å². The standard InChI is InChI=1S/C44H36N12O18S6.6Na/c57-75(58,59)33-15-7-27(8-16-33)45-39-51-40(46-28-9-17-34(18-10-28)76(60,61)62)54-43(53-39)49-31-5-3-25(37(23-31)79(69,70)71)1-2-26-4-6-32(24-38(26)80(72,73)74)50-44-55-41(47-29-11-19-35(20-12-29)77(63,64)65)52-42(56-44)48-30-13-21-36(22-14-30)78(66,67)68;;;;;;/h1-24H,(H,57,58,59)(H,60,61,62)(H,63,64,65)(H,66,67,68)(H,69,70,71)(H,72,73,74)(H3,45,46,49,51,53,54)(H3,47,48,50,52,55,56);;;;;;. The Balaban J connectivity index is 0.00000420. The van der Waals surface area contributed by atoms with Gasteiger partial charge in [-0.05, 0) is 132 Å². The van der Waals surface area contributed by atoms with E-state index in [9.17, 15) is 77.8 Å². The van der Waals surface area contributed by atoms with Gasteiger partial charge in [0.15, 0.2) is 0 Å². The monoisotopic (exact) mass is 1350 g/mol. The molecule has 0 unspecified atom stereocenters. The van der Waals surface area contributed by atoms with Crippen molar-refractivity contribution in [3.63, 3.8) is 0 Å². The third kappa shape index (κ3) is 22.6. The smallest absolute Gasteiger partial charge is 0.295 e. The molecular weight excluding hydrogens is 1310 g/mol. The number of aromatic amines is 2. The first-order valence-corrected chi connectivity index (χ1v) is 30.3. The number of benzene rings is 6. The summed E-state index contributed by atoms with van der Waals surface area (Å²) in [7, 11) is -28.4. The van der Waals surface area contributed by atoms with Crippen LogP contribution in [0.5, 0.6) is 0 Å². The Morgan fingerprint density at radius 3 is 0.837 bits per heavy atom. The van der Waals surface area contributed by atoms with Gasteiger partial charge in [-0.3, -0.25) is 37.3 Å². The number of nitrogens with one attached hydrogen (secondary N) is 6. The molecule has 0 bridgehead atoms. The van der Waals surface area contributed by atoms with Crippen LogP contribution in [-0.2, 0) is 60.7 Å². The second-order valence-corrected chi connectivity index (χ2v) is 24.6. The molecule has 6 aromatic carbocycles. The maximum absolute atomic E-state index is 12.8. The molecule has 2 heterocycles. The molecule has 0 aliphatic heterocycles. The number of anilines is 8. The van der Waals surface area contributed by atoms with Gasteiger partial charge in [0.1, 0.15) is 9.79 Å². The first kappa shape index (κ1) is 79.4. The summed E-state index contributed by atoms with van der Waals surface area (Å²) in [5.74, 6) is -0.667. The molecule has 0 saturated heterocycles. The van der Waals surface area contributed by atoms with Crippen molar-refractivity contribution >= 4 is 308 Å². The summed E-state index contributed by atoms with van der Waals surface area (Å²) in [6.45, 7) is 0. The number of hydrogen-bond donors (Lipinski definition) is 12. The number of nitrogens with zero attached hydrogens (tertiary/aromatic N) is 6. The van der Waals surface area contributed by atoms with Gasteiger partial charge in [-0.25, -0.2) is 9.98 Å². The zero-order chi connectivity index (χ0) is 58.0. The first-order valence-electron chi connectivity index (χ1n) is 21.7. The van der Waals surface area contributed by atoms with Crippen LogP contribution in [0.1, 0.15) is 11.1 Å². The van der Waals surface area contributed by atoms with Gasteiger partial charge in [-0.1, -0.05) is 24.3 Å². The summed E-state index contributed by atoms with van der Waals surface area (Å²) in [6, 6.07) is 25.6. The summed E-state index contributed by atoms with van der Waals surface area (Å²) in [5.41, 5.74) is -0.493. The molecule has 8 aromatic rings. The Morgan fingerprint density at radius 2 is 0.593 bits per heavy atom. The number of hydrogen-bond acceptors (Lipinski definition) is 22. The number of rotatable bonds is 18. The largest absolute Gasteiger partial charge is 0.326 e. The van der Waals surface area contributed by atoms with Crippen LogP contribution in [0, 0.1) is 0 Å².